The molecule has 0 spiro atoms. The van der Waals surface area contributed by atoms with E-state index in [1.165, 1.54) is 0 Å². The summed E-state index contributed by atoms with van der Waals surface area (Å²) in [4.78, 5) is 12.1. The Bertz CT molecular complexity index is 1130. The summed E-state index contributed by atoms with van der Waals surface area (Å²) in [6, 6.07) is 6.91. The van der Waals surface area contributed by atoms with Gasteiger partial charge in [-0.15, -0.1) is 0 Å². The van der Waals surface area contributed by atoms with Crippen LogP contribution in [0.2, 0.25) is 0 Å². The van der Waals surface area contributed by atoms with Crippen LogP contribution in [0.1, 0.15) is 51.9 Å². The SMILES string of the molecule is NC(=O)c1cc(F)c(-c2cccc3c2CCNC3)c2c1CC1=C2CCC(C(F)(F)F)C1. The molecule has 7 heteroatoms. The number of allylic oxidation sites excluding steroid dienone is 2. The van der Waals surface area contributed by atoms with E-state index in [2.05, 4.69) is 5.32 Å². The second kappa shape index (κ2) is 7.19. The summed E-state index contributed by atoms with van der Waals surface area (Å²) in [5, 5.41) is 3.30. The van der Waals surface area contributed by atoms with Gasteiger partial charge in [-0.25, -0.2) is 4.39 Å². The summed E-state index contributed by atoms with van der Waals surface area (Å²) in [5.41, 5.74) is 11.5. The Kier molecular flexibility index (Phi) is 4.70. The zero-order valence-corrected chi connectivity index (χ0v) is 16.8. The van der Waals surface area contributed by atoms with Gasteiger partial charge in [0.1, 0.15) is 5.82 Å². The smallest absolute Gasteiger partial charge is 0.366 e. The molecule has 1 aliphatic heterocycles. The molecule has 162 valence electrons. The first-order chi connectivity index (χ1) is 14.8. The second-order valence-corrected chi connectivity index (χ2v) is 8.61. The van der Waals surface area contributed by atoms with E-state index >= 15 is 4.39 Å². The van der Waals surface area contributed by atoms with Gasteiger partial charge in [-0.05, 0) is 78.1 Å². The van der Waals surface area contributed by atoms with Gasteiger partial charge in [-0.3, -0.25) is 4.79 Å². The molecule has 3 N–H and O–H groups in total. The van der Waals surface area contributed by atoms with Gasteiger partial charge in [-0.1, -0.05) is 23.8 Å². The number of fused-ring (bicyclic) bond motifs is 3. The Morgan fingerprint density at radius 3 is 2.68 bits per heavy atom. The number of alkyl halides is 3. The van der Waals surface area contributed by atoms with Crippen LogP contribution in [0.3, 0.4) is 0 Å². The molecule has 2 aromatic carbocycles. The normalized spacial score (nSPS) is 20.3. The third kappa shape index (κ3) is 3.26. The molecular weight excluding hydrogens is 408 g/mol. The third-order valence-electron chi connectivity index (χ3n) is 6.88. The number of nitrogens with two attached hydrogens (primary N) is 1. The molecule has 1 atom stereocenters. The van der Waals surface area contributed by atoms with Crippen molar-refractivity contribution in [2.24, 2.45) is 11.7 Å². The highest BCUT2D eigenvalue weighted by atomic mass is 19.4. The molecular formula is C24H22F4N2O. The largest absolute Gasteiger partial charge is 0.392 e. The van der Waals surface area contributed by atoms with Crippen LogP contribution >= 0.6 is 0 Å². The molecule has 0 radical (unpaired) electrons. The van der Waals surface area contributed by atoms with E-state index in [1.54, 1.807) is 0 Å². The predicted octanol–water partition coefficient (Wildman–Crippen LogP) is 4.91. The zero-order valence-electron chi connectivity index (χ0n) is 16.8. The van der Waals surface area contributed by atoms with Crippen LogP contribution in [-0.2, 0) is 19.4 Å². The van der Waals surface area contributed by atoms with Gasteiger partial charge in [0.05, 0.1) is 5.92 Å². The molecule has 0 aromatic heterocycles. The maximum Gasteiger partial charge on any atom is 0.392 e. The highest BCUT2D eigenvalue weighted by Crippen LogP contribution is 2.52. The van der Waals surface area contributed by atoms with Gasteiger partial charge in [-0.2, -0.15) is 13.2 Å². The Labute approximate surface area is 177 Å². The van der Waals surface area contributed by atoms with Crippen molar-refractivity contribution in [3.63, 3.8) is 0 Å². The van der Waals surface area contributed by atoms with Gasteiger partial charge in [0.2, 0.25) is 5.91 Å². The fourth-order valence-electron chi connectivity index (χ4n) is 5.45. The monoisotopic (exact) mass is 430 g/mol. The lowest BCUT2D eigenvalue weighted by Gasteiger charge is -2.27. The van der Waals surface area contributed by atoms with Crippen molar-refractivity contribution in [2.45, 2.75) is 44.8 Å². The highest BCUT2D eigenvalue weighted by molar-refractivity contribution is 6.00. The number of carbonyl (C=O) groups excluding carboxylic acids is 1. The average molecular weight is 430 g/mol. The summed E-state index contributed by atoms with van der Waals surface area (Å²) < 4.78 is 55.6. The summed E-state index contributed by atoms with van der Waals surface area (Å²) in [5.74, 6) is -2.71. The Morgan fingerprint density at radius 2 is 1.94 bits per heavy atom. The molecule has 0 saturated carbocycles. The van der Waals surface area contributed by atoms with Crippen molar-refractivity contribution in [3.05, 3.63) is 63.5 Å². The summed E-state index contributed by atoms with van der Waals surface area (Å²) in [7, 11) is 0. The number of hydrogen-bond acceptors (Lipinski definition) is 2. The number of halogens is 4. The van der Waals surface area contributed by atoms with E-state index < -0.39 is 23.8 Å². The average Bonchev–Trinajstić information content (AvgIpc) is 3.11. The minimum atomic E-state index is -4.26. The molecule has 1 amide bonds. The minimum Gasteiger partial charge on any atom is -0.366 e. The Hall–Kier alpha value is -2.67. The van der Waals surface area contributed by atoms with Crippen LogP contribution in [0, 0.1) is 11.7 Å². The topological polar surface area (TPSA) is 55.1 Å². The lowest BCUT2D eigenvalue weighted by molar-refractivity contribution is -0.176. The third-order valence-corrected chi connectivity index (χ3v) is 6.88. The molecule has 5 rings (SSSR count). The van der Waals surface area contributed by atoms with Gasteiger partial charge < -0.3 is 11.1 Å². The van der Waals surface area contributed by atoms with Crippen LogP contribution < -0.4 is 11.1 Å². The number of nitrogens with one attached hydrogen (secondary N) is 1. The highest BCUT2D eigenvalue weighted by Gasteiger charge is 2.44. The zero-order chi connectivity index (χ0) is 21.9. The van der Waals surface area contributed by atoms with Crippen molar-refractivity contribution >= 4 is 11.5 Å². The maximum atomic E-state index is 15.5. The van der Waals surface area contributed by atoms with Gasteiger partial charge in [0.25, 0.3) is 0 Å². The lowest BCUT2D eigenvalue weighted by atomic mass is 9.81. The fraction of sp³-hybridized carbons (Fsp3) is 0.375. The van der Waals surface area contributed by atoms with Crippen LogP contribution in [0.5, 0.6) is 0 Å². The van der Waals surface area contributed by atoms with E-state index in [-0.39, 0.29) is 31.2 Å². The van der Waals surface area contributed by atoms with Crippen LogP contribution in [0.15, 0.2) is 29.8 Å². The second-order valence-electron chi connectivity index (χ2n) is 8.61. The quantitative estimate of drug-likeness (QED) is 0.666. The number of amides is 1. The van der Waals surface area contributed by atoms with Crippen molar-refractivity contribution in [1.29, 1.82) is 0 Å². The lowest BCUT2D eigenvalue weighted by Crippen LogP contribution is -2.25. The first-order valence-corrected chi connectivity index (χ1v) is 10.5. The summed E-state index contributed by atoms with van der Waals surface area (Å²) >= 11 is 0. The van der Waals surface area contributed by atoms with E-state index in [9.17, 15) is 18.0 Å². The Balaban J connectivity index is 1.73. The number of carbonyl (C=O) groups is 1. The number of hydrogen-bond donors (Lipinski definition) is 2. The number of primary amides is 1. The minimum absolute atomic E-state index is 0.0273. The molecule has 0 saturated heterocycles. The number of rotatable bonds is 2. The molecule has 1 unspecified atom stereocenters. The van der Waals surface area contributed by atoms with Crippen LogP contribution in [0.25, 0.3) is 16.7 Å². The van der Waals surface area contributed by atoms with E-state index in [0.717, 1.165) is 41.3 Å². The fourth-order valence-corrected chi connectivity index (χ4v) is 5.45. The van der Waals surface area contributed by atoms with Gasteiger partial charge in [0, 0.05) is 17.7 Å². The predicted molar refractivity (Wildman–Crippen MR) is 110 cm³/mol. The molecule has 3 aliphatic rings. The maximum absolute atomic E-state index is 15.5. The van der Waals surface area contributed by atoms with Crippen molar-refractivity contribution in [2.75, 3.05) is 6.54 Å². The van der Waals surface area contributed by atoms with Crippen LogP contribution in [0.4, 0.5) is 17.6 Å². The van der Waals surface area contributed by atoms with E-state index in [4.69, 9.17) is 5.73 Å². The number of benzene rings is 2. The molecule has 0 bridgehead atoms. The Morgan fingerprint density at radius 1 is 1.13 bits per heavy atom. The van der Waals surface area contributed by atoms with Crippen molar-refractivity contribution in [3.8, 4) is 11.1 Å². The molecule has 1 heterocycles. The van der Waals surface area contributed by atoms with Crippen molar-refractivity contribution in [1.82, 2.24) is 5.32 Å². The standard InChI is InChI=1S/C24H22F4N2O/c25-20-10-19(23(29)31)18-9-13-8-14(24(26,27)28)4-5-16(13)21(18)22(20)17-3-1-2-12-11-30-7-6-15(12)17/h1-3,10,14,30H,4-9,11H2,(H2,29,31). The first kappa shape index (κ1) is 20.2. The van der Waals surface area contributed by atoms with Gasteiger partial charge in [0.15, 0.2) is 0 Å². The van der Waals surface area contributed by atoms with E-state index in [0.29, 0.717) is 28.8 Å². The van der Waals surface area contributed by atoms with E-state index in [1.807, 2.05) is 18.2 Å². The van der Waals surface area contributed by atoms with Gasteiger partial charge >= 0.3 is 6.18 Å². The van der Waals surface area contributed by atoms with Crippen LogP contribution in [-0.4, -0.2) is 18.6 Å². The summed E-state index contributed by atoms with van der Waals surface area (Å²) in [6.07, 6.45) is -3.22. The molecule has 0 fully saturated rings. The van der Waals surface area contributed by atoms with Crippen molar-refractivity contribution < 1.29 is 22.4 Å². The molecule has 2 aromatic rings. The first-order valence-electron chi connectivity index (χ1n) is 10.5. The summed E-state index contributed by atoms with van der Waals surface area (Å²) in [6.45, 7) is 1.46. The molecule has 3 nitrogen and oxygen atoms in total. The molecule has 31 heavy (non-hydrogen) atoms. The molecule has 2 aliphatic carbocycles.